The molecule has 0 bridgehead atoms. The number of carbonyl (C=O) groups excluding carboxylic acids is 1. The van der Waals surface area contributed by atoms with E-state index in [2.05, 4.69) is 5.32 Å². The van der Waals surface area contributed by atoms with Gasteiger partial charge in [-0.05, 0) is 16.3 Å². The molecule has 0 heterocycles. The smallest absolute Gasteiger partial charge is 0.277 e. The summed E-state index contributed by atoms with van der Waals surface area (Å²) in [6.45, 7) is -1.50. The van der Waals surface area contributed by atoms with Crippen molar-refractivity contribution in [1.82, 2.24) is 5.32 Å². The van der Waals surface area contributed by atoms with E-state index in [1.807, 2.05) is 42.5 Å². The molecule has 3 N–H and O–H groups in total. The highest BCUT2D eigenvalue weighted by Gasteiger charge is 2.27. The number of fused-ring (bicyclic) bond motifs is 1. The Morgan fingerprint density at radius 1 is 1.15 bits per heavy atom. The van der Waals surface area contributed by atoms with Gasteiger partial charge in [-0.2, -0.15) is 0 Å². The summed E-state index contributed by atoms with van der Waals surface area (Å²) < 4.78 is 25.8. The molecule has 0 aliphatic carbocycles. The lowest BCUT2D eigenvalue weighted by Crippen LogP contribution is -2.42. The second-order valence-corrected chi connectivity index (χ2v) is 4.70. The van der Waals surface area contributed by atoms with Crippen molar-refractivity contribution < 1.29 is 13.6 Å². The largest absolute Gasteiger partial charge is 0.350 e. The maximum Gasteiger partial charge on any atom is 0.277 e. The molecule has 0 aromatic heterocycles. The molecule has 0 unspecified atom stereocenters. The lowest BCUT2D eigenvalue weighted by atomic mass is 10.0. The van der Waals surface area contributed by atoms with E-state index >= 15 is 0 Å². The third-order valence-corrected chi connectivity index (χ3v) is 3.02. The Morgan fingerprint density at radius 2 is 1.85 bits per heavy atom. The normalized spacial score (nSPS) is 11.6. The number of hydrogen-bond donors (Lipinski definition) is 2. The number of amides is 1. The van der Waals surface area contributed by atoms with Crippen LogP contribution in [0.1, 0.15) is 5.56 Å². The molecule has 0 aliphatic rings. The lowest BCUT2D eigenvalue weighted by Gasteiger charge is -2.14. The summed E-state index contributed by atoms with van der Waals surface area (Å²) in [5, 5.41) is 4.30. The highest BCUT2D eigenvalue weighted by atomic mass is 19.3. The maximum atomic E-state index is 12.9. The molecule has 2 rings (SSSR count). The van der Waals surface area contributed by atoms with Crippen LogP contribution in [0.4, 0.5) is 8.78 Å². The molecule has 0 aliphatic heterocycles. The highest BCUT2D eigenvalue weighted by molar-refractivity contribution is 5.85. The fourth-order valence-electron chi connectivity index (χ4n) is 1.90. The SMILES string of the molecule is NCC(F)(F)CNC(=O)Cc1ccc2ccccc2c1. The van der Waals surface area contributed by atoms with E-state index in [0.29, 0.717) is 0 Å². The predicted molar refractivity (Wildman–Crippen MR) is 74.7 cm³/mol. The Morgan fingerprint density at radius 3 is 2.55 bits per heavy atom. The minimum absolute atomic E-state index is 0.0749. The van der Waals surface area contributed by atoms with Gasteiger partial charge in [-0.1, -0.05) is 42.5 Å². The molecular formula is C15H16F2N2O. The van der Waals surface area contributed by atoms with Crippen LogP contribution in [0.2, 0.25) is 0 Å². The van der Waals surface area contributed by atoms with Crippen LogP contribution in [0.5, 0.6) is 0 Å². The molecule has 0 fully saturated rings. The fourth-order valence-corrected chi connectivity index (χ4v) is 1.90. The van der Waals surface area contributed by atoms with Crippen LogP contribution in [0.3, 0.4) is 0 Å². The van der Waals surface area contributed by atoms with Crippen LogP contribution < -0.4 is 11.1 Å². The van der Waals surface area contributed by atoms with Crippen molar-refractivity contribution in [2.75, 3.05) is 13.1 Å². The van der Waals surface area contributed by atoms with Gasteiger partial charge in [0, 0.05) is 0 Å². The summed E-state index contributed by atoms with van der Waals surface area (Å²) in [6, 6.07) is 13.4. The zero-order chi connectivity index (χ0) is 14.6. The van der Waals surface area contributed by atoms with Crippen LogP contribution in [0.15, 0.2) is 42.5 Å². The molecule has 0 atom stereocenters. The van der Waals surface area contributed by atoms with Gasteiger partial charge in [-0.3, -0.25) is 4.79 Å². The van der Waals surface area contributed by atoms with Crippen LogP contribution >= 0.6 is 0 Å². The molecular weight excluding hydrogens is 262 g/mol. The first-order valence-electron chi connectivity index (χ1n) is 6.32. The van der Waals surface area contributed by atoms with E-state index in [1.54, 1.807) is 0 Å². The standard InChI is InChI=1S/C15H16F2N2O/c16-15(17,9-18)10-19-14(20)8-11-5-6-12-3-1-2-4-13(12)7-11/h1-7H,8-10,18H2,(H,19,20). The number of hydrogen-bond acceptors (Lipinski definition) is 2. The third-order valence-electron chi connectivity index (χ3n) is 3.02. The Labute approximate surface area is 115 Å². The minimum Gasteiger partial charge on any atom is -0.350 e. The van der Waals surface area contributed by atoms with Gasteiger partial charge < -0.3 is 11.1 Å². The molecule has 1 amide bonds. The molecule has 0 saturated carbocycles. The van der Waals surface area contributed by atoms with E-state index in [0.717, 1.165) is 16.3 Å². The molecule has 0 spiro atoms. The summed E-state index contributed by atoms with van der Waals surface area (Å²) in [4.78, 5) is 11.6. The minimum atomic E-state index is -3.06. The first kappa shape index (κ1) is 14.4. The number of nitrogens with one attached hydrogen (secondary N) is 1. The first-order valence-corrected chi connectivity index (χ1v) is 6.32. The molecule has 2 aromatic carbocycles. The van der Waals surface area contributed by atoms with E-state index in [9.17, 15) is 13.6 Å². The van der Waals surface area contributed by atoms with Crippen LogP contribution in [-0.4, -0.2) is 24.9 Å². The molecule has 0 radical (unpaired) electrons. The van der Waals surface area contributed by atoms with Crippen LogP contribution in [0, 0.1) is 0 Å². The molecule has 2 aromatic rings. The van der Waals surface area contributed by atoms with E-state index < -0.39 is 24.9 Å². The molecule has 3 nitrogen and oxygen atoms in total. The lowest BCUT2D eigenvalue weighted by molar-refractivity contribution is -0.122. The van der Waals surface area contributed by atoms with E-state index in [-0.39, 0.29) is 6.42 Å². The maximum absolute atomic E-state index is 12.9. The predicted octanol–water partition coefficient (Wildman–Crippen LogP) is 2.09. The Kier molecular flexibility index (Phi) is 4.29. The van der Waals surface area contributed by atoms with Gasteiger partial charge in [0.25, 0.3) is 5.92 Å². The zero-order valence-corrected chi connectivity index (χ0v) is 10.9. The zero-order valence-electron chi connectivity index (χ0n) is 10.9. The van der Waals surface area contributed by atoms with Gasteiger partial charge in [0.2, 0.25) is 5.91 Å². The first-order chi connectivity index (χ1) is 9.50. The Bertz CT molecular complexity index is 614. The highest BCUT2D eigenvalue weighted by Crippen LogP contribution is 2.16. The van der Waals surface area contributed by atoms with Crippen molar-refractivity contribution in [3.63, 3.8) is 0 Å². The van der Waals surface area contributed by atoms with Crippen LogP contribution in [0.25, 0.3) is 10.8 Å². The number of nitrogens with two attached hydrogens (primary N) is 1. The summed E-state index contributed by atoms with van der Waals surface area (Å²) in [6.07, 6.45) is 0.0749. The van der Waals surface area contributed by atoms with Crippen molar-refractivity contribution in [1.29, 1.82) is 0 Å². The average molecular weight is 278 g/mol. The monoisotopic (exact) mass is 278 g/mol. The van der Waals surface area contributed by atoms with Gasteiger partial charge in [-0.15, -0.1) is 0 Å². The topological polar surface area (TPSA) is 55.1 Å². The Balaban J connectivity index is 1.99. The molecule has 0 saturated heterocycles. The van der Waals surface area contributed by atoms with Gasteiger partial charge >= 0.3 is 0 Å². The van der Waals surface area contributed by atoms with E-state index in [1.165, 1.54) is 0 Å². The summed E-state index contributed by atoms with van der Waals surface area (Å²) >= 11 is 0. The number of rotatable bonds is 5. The van der Waals surface area contributed by atoms with Crippen LogP contribution in [-0.2, 0) is 11.2 Å². The van der Waals surface area contributed by atoms with Gasteiger partial charge in [0.1, 0.15) is 0 Å². The van der Waals surface area contributed by atoms with Gasteiger partial charge in [-0.25, -0.2) is 8.78 Å². The number of benzene rings is 2. The second kappa shape index (κ2) is 5.96. The molecule has 106 valence electrons. The summed E-state index contributed by atoms with van der Waals surface area (Å²) in [5.74, 6) is -3.49. The number of alkyl halides is 2. The van der Waals surface area contributed by atoms with Gasteiger partial charge in [0.15, 0.2) is 0 Å². The van der Waals surface area contributed by atoms with Gasteiger partial charge in [0.05, 0.1) is 19.5 Å². The van der Waals surface area contributed by atoms with Crippen molar-refractivity contribution in [3.05, 3.63) is 48.0 Å². The Hall–Kier alpha value is -2.01. The number of carbonyl (C=O) groups is 1. The summed E-state index contributed by atoms with van der Waals surface area (Å²) in [7, 11) is 0. The average Bonchev–Trinajstić information content (AvgIpc) is 2.45. The quantitative estimate of drug-likeness (QED) is 0.880. The molecule has 20 heavy (non-hydrogen) atoms. The van der Waals surface area contributed by atoms with Crippen molar-refractivity contribution in [3.8, 4) is 0 Å². The summed E-state index contributed by atoms with van der Waals surface area (Å²) in [5.41, 5.74) is 5.70. The van der Waals surface area contributed by atoms with Crippen molar-refractivity contribution in [2.24, 2.45) is 5.73 Å². The fraction of sp³-hybridized carbons (Fsp3) is 0.267. The van der Waals surface area contributed by atoms with E-state index in [4.69, 9.17) is 5.73 Å². The number of halogens is 2. The second-order valence-electron chi connectivity index (χ2n) is 4.70. The third kappa shape index (κ3) is 3.74. The molecule has 5 heteroatoms. The van der Waals surface area contributed by atoms with Crippen molar-refractivity contribution in [2.45, 2.75) is 12.3 Å². The van der Waals surface area contributed by atoms with Crippen molar-refractivity contribution >= 4 is 16.7 Å².